The first kappa shape index (κ1) is 18.5. The van der Waals surface area contributed by atoms with Gasteiger partial charge in [0.1, 0.15) is 17.0 Å². The predicted octanol–water partition coefficient (Wildman–Crippen LogP) is 3.92. The van der Waals surface area contributed by atoms with E-state index >= 15 is 0 Å². The van der Waals surface area contributed by atoms with E-state index in [1.807, 2.05) is 5.92 Å². The molecule has 128 valence electrons. The van der Waals surface area contributed by atoms with Crippen LogP contribution in [0.2, 0.25) is 0 Å². The van der Waals surface area contributed by atoms with Gasteiger partial charge in [-0.1, -0.05) is 15.9 Å². The number of carbonyl (C=O) groups excluding carboxylic acids is 2. The Labute approximate surface area is 149 Å². The molecule has 2 rings (SSSR count). The summed E-state index contributed by atoms with van der Waals surface area (Å²) in [6.07, 6.45) is 5.84. The minimum Gasteiger partial charge on any atom is -0.444 e. The van der Waals surface area contributed by atoms with E-state index < -0.39 is 28.8 Å². The summed E-state index contributed by atoms with van der Waals surface area (Å²) in [6.45, 7) is 5.11. The van der Waals surface area contributed by atoms with Gasteiger partial charge in [0.15, 0.2) is 0 Å². The van der Waals surface area contributed by atoms with E-state index in [4.69, 9.17) is 11.2 Å². The van der Waals surface area contributed by atoms with Crippen molar-refractivity contribution in [3.8, 4) is 12.3 Å². The van der Waals surface area contributed by atoms with Crippen molar-refractivity contribution in [2.45, 2.75) is 44.8 Å². The number of ketones is 1. The van der Waals surface area contributed by atoms with E-state index in [-0.39, 0.29) is 11.5 Å². The molecule has 1 aromatic rings. The van der Waals surface area contributed by atoms with Crippen LogP contribution in [-0.4, -0.2) is 17.5 Å². The first-order valence-corrected chi connectivity index (χ1v) is 8.37. The molecule has 1 aliphatic carbocycles. The number of carbonyl (C=O) groups is 2. The van der Waals surface area contributed by atoms with Gasteiger partial charge < -0.3 is 10.1 Å². The molecular formula is C18H19BrFNO3. The van der Waals surface area contributed by atoms with Crippen molar-refractivity contribution in [2.24, 2.45) is 5.92 Å². The fourth-order valence-electron chi connectivity index (χ4n) is 2.65. The monoisotopic (exact) mass is 395 g/mol. The molecule has 1 saturated carbocycles. The summed E-state index contributed by atoms with van der Waals surface area (Å²) in [7, 11) is 0. The van der Waals surface area contributed by atoms with Crippen LogP contribution in [0.5, 0.6) is 0 Å². The Kier molecular flexibility index (Phi) is 5.05. The molecule has 0 bridgehead atoms. The lowest BCUT2D eigenvalue weighted by molar-refractivity contribution is -0.121. The molecular weight excluding hydrogens is 377 g/mol. The van der Waals surface area contributed by atoms with Crippen molar-refractivity contribution in [1.29, 1.82) is 0 Å². The second kappa shape index (κ2) is 6.56. The molecule has 0 heterocycles. The van der Waals surface area contributed by atoms with Crippen LogP contribution in [0.3, 0.4) is 0 Å². The highest BCUT2D eigenvalue weighted by molar-refractivity contribution is 9.10. The SMILES string of the molecule is C#CC(=O)C(NC(=O)OC(C)(C)C)(c1cc(Br)ccc1F)C1CC1. The van der Waals surface area contributed by atoms with Gasteiger partial charge >= 0.3 is 6.09 Å². The highest BCUT2D eigenvalue weighted by atomic mass is 79.9. The van der Waals surface area contributed by atoms with Crippen LogP contribution in [0.1, 0.15) is 39.2 Å². The zero-order valence-corrected chi connectivity index (χ0v) is 15.4. The molecule has 1 atom stereocenters. The molecule has 0 spiro atoms. The number of rotatable bonds is 4. The number of amides is 1. The molecule has 6 heteroatoms. The van der Waals surface area contributed by atoms with Crippen molar-refractivity contribution in [1.82, 2.24) is 5.32 Å². The highest BCUT2D eigenvalue weighted by Gasteiger charge is 2.54. The maximum atomic E-state index is 14.5. The summed E-state index contributed by atoms with van der Waals surface area (Å²) in [4.78, 5) is 24.9. The molecule has 0 saturated heterocycles. The number of nitrogens with one attached hydrogen (secondary N) is 1. The topological polar surface area (TPSA) is 55.4 Å². The molecule has 1 N–H and O–H groups in total. The van der Waals surface area contributed by atoms with E-state index in [0.717, 1.165) is 0 Å². The first-order valence-electron chi connectivity index (χ1n) is 7.58. The van der Waals surface area contributed by atoms with E-state index in [0.29, 0.717) is 17.3 Å². The number of terminal acetylenes is 1. The molecule has 0 radical (unpaired) electrons. The number of Topliss-reactive ketones (excluding diaryl/α,β-unsaturated/α-hetero) is 1. The lowest BCUT2D eigenvalue weighted by Gasteiger charge is -2.33. The van der Waals surface area contributed by atoms with Gasteiger partial charge in [-0.15, -0.1) is 6.42 Å². The smallest absolute Gasteiger partial charge is 0.408 e. The van der Waals surface area contributed by atoms with Crippen LogP contribution >= 0.6 is 15.9 Å². The van der Waals surface area contributed by atoms with Crippen LogP contribution in [0.25, 0.3) is 0 Å². The average Bonchev–Trinajstić information content (AvgIpc) is 3.29. The Bertz CT molecular complexity index is 716. The van der Waals surface area contributed by atoms with Crippen LogP contribution in [0, 0.1) is 24.1 Å². The minimum absolute atomic E-state index is 0.0492. The van der Waals surface area contributed by atoms with Crippen LogP contribution in [0.15, 0.2) is 22.7 Å². The fourth-order valence-corrected chi connectivity index (χ4v) is 3.01. The van der Waals surface area contributed by atoms with Gasteiger partial charge in [0.2, 0.25) is 5.78 Å². The van der Waals surface area contributed by atoms with Gasteiger partial charge in [0.25, 0.3) is 0 Å². The third-order valence-electron chi connectivity index (χ3n) is 3.73. The van der Waals surface area contributed by atoms with Gasteiger partial charge in [-0.2, -0.15) is 0 Å². The largest absolute Gasteiger partial charge is 0.444 e. The number of alkyl carbamates (subject to hydrolysis) is 1. The number of ether oxygens (including phenoxy) is 1. The zero-order valence-electron chi connectivity index (χ0n) is 13.8. The molecule has 0 aromatic heterocycles. The number of benzene rings is 1. The molecule has 1 unspecified atom stereocenters. The third kappa shape index (κ3) is 3.78. The number of hydrogen-bond acceptors (Lipinski definition) is 3. The summed E-state index contributed by atoms with van der Waals surface area (Å²) >= 11 is 3.27. The normalized spacial score (nSPS) is 16.7. The van der Waals surface area contributed by atoms with Gasteiger partial charge in [-0.05, 0) is 63.7 Å². The highest BCUT2D eigenvalue weighted by Crippen LogP contribution is 2.47. The summed E-state index contributed by atoms with van der Waals surface area (Å²) in [5, 5.41) is 2.57. The Morgan fingerprint density at radius 3 is 2.50 bits per heavy atom. The quantitative estimate of drug-likeness (QED) is 0.620. The lowest BCUT2D eigenvalue weighted by atomic mass is 9.80. The Morgan fingerprint density at radius 1 is 1.38 bits per heavy atom. The zero-order chi connectivity index (χ0) is 18.1. The van der Waals surface area contributed by atoms with E-state index in [2.05, 4.69) is 21.2 Å². The van der Waals surface area contributed by atoms with Crippen LogP contribution < -0.4 is 5.32 Å². The van der Waals surface area contributed by atoms with Crippen LogP contribution in [-0.2, 0) is 15.1 Å². The molecule has 0 aliphatic heterocycles. The van der Waals surface area contributed by atoms with Crippen molar-refractivity contribution in [2.75, 3.05) is 0 Å². The molecule has 1 aromatic carbocycles. The minimum atomic E-state index is -1.62. The summed E-state index contributed by atoms with van der Waals surface area (Å²) in [6, 6.07) is 4.22. The van der Waals surface area contributed by atoms with Crippen molar-refractivity contribution in [3.05, 3.63) is 34.1 Å². The second-order valence-corrected chi connectivity index (χ2v) is 7.72. The predicted molar refractivity (Wildman–Crippen MR) is 91.7 cm³/mol. The summed E-state index contributed by atoms with van der Waals surface area (Å²) in [5.74, 6) is 0.489. The van der Waals surface area contributed by atoms with Crippen molar-refractivity contribution >= 4 is 27.8 Å². The Balaban J connectivity index is 2.53. The Morgan fingerprint density at radius 2 is 2.00 bits per heavy atom. The van der Waals surface area contributed by atoms with Crippen molar-refractivity contribution < 1.29 is 18.7 Å². The fraction of sp³-hybridized carbons (Fsp3) is 0.444. The Hall–Kier alpha value is -1.87. The maximum Gasteiger partial charge on any atom is 0.408 e. The van der Waals surface area contributed by atoms with Crippen LogP contribution in [0.4, 0.5) is 9.18 Å². The van der Waals surface area contributed by atoms with Gasteiger partial charge in [0.05, 0.1) is 0 Å². The summed E-state index contributed by atoms with van der Waals surface area (Å²) in [5.41, 5.74) is -2.33. The first-order chi connectivity index (χ1) is 11.1. The maximum absolute atomic E-state index is 14.5. The van der Waals surface area contributed by atoms with E-state index in [1.54, 1.807) is 20.8 Å². The van der Waals surface area contributed by atoms with Gasteiger partial charge in [-0.25, -0.2) is 9.18 Å². The standard InChI is InChI=1S/C18H19BrFNO3/c1-5-15(22)18(11-6-7-11,21-16(23)24-17(2,3)4)13-10-12(19)8-9-14(13)20/h1,8-11H,6-7H2,2-4H3,(H,21,23). The summed E-state index contributed by atoms with van der Waals surface area (Å²) < 4.78 is 20.3. The average molecular weight is 396 g/mol. The molecule has 1 amide bonds. The van der Waals surface area contributed by atoms with E-state index in [9.17, 15) is 14.0 Å². The van der Waals surface area contributed by atoms with E-state index in [1.165, 1.54) is 18.2 Å². The number of halogens is 2. The number of hydrogen-bond donors (Lipinski definition) is 1. The molecule has 1 aliphatic rings. The lowest BCUT2D eigenvalue weighted by Crippen LogP contribution is -2.54. The second-order valence-electron chi connectivity index (χ2n) is 6.81. The van der Waals surface area contributed by atoms with Gasteiger partial charge in [-0.3, -0.25) is 4.79 Å². The van der Waals surface area contributed by atoms with Gasteiger partial charge in [0, 0.05) is 10.0 Å². The molecule has 4 nitrogen and oxygen atoms in total. The van der Waals surface area contributed by atoms with Crippen molar-refractivity contribution in [3.63, 3.8) is 0 Å². The molecule has 24 heavy (non-hydrogen) atoms. The molecule has 1 fully saturated rings. The third-order valence-corrected chi connectivity index (χ3v) is 4.22.